The summed E-state index contributed by atoms with van der Waals surface area (Å²) in [7, 11) is 0. The molecule has 0 unspecified atom stereocenters. The molecule has 0 atom stereocenters. The molecule has 90 valence electrons. The van der Waals surface area contributed by atoms with E-state index >= 15 is 0 Å². The highest BCUT2D eigenvalue weighted by molar-refractivity contribution is 5.94. The molecule has 0 saturated carbocycles. The van der Waals surface area contributed by atoms with E-state index in [1.54, 1.807) is 0 Å². The normalized spacial score (nSPS) is 11.3. The molecule has 2 heteroatoms. The molecule has 0 spiro atoms. The number of hydrogen-bond acceptors (Lipinski definition) is 1. The molecule has 2 heterocycles. The number of rotatable bonds is 2. The van der Waals surface area contributed by atoms with Gasteiger partial charge in [-0.25, -0.2) is 0 Å². The van der Waals surface area contributed by atoms with Crippen LogP contribution in [0.25, 0.3) is 16.3 Å². The summed E-state index contributed by atoms with van der Waals surface area (Å²) in [6, 6.07) is 16.7. The Morgan fingerprint density at radius 3 is 2.61 bits per heavy atom. The van der Waals surface area contributed by atoms with Gasteiger partial charge in [-0.2, -0.15) is 0 Å². The summed E-state index contributed by atoms with van der Waals surface area (Å²) in [6.45, 7) is 4.09. The van der Waals surface area contributed by atoms with Gasteiger partial charge in [0.05, 0.1) is 17.6 Å². The molecule has 1 aromatic carbocycles. The summed E-state index contributed by atoms with van der Waals surface area (Å²) in [4.78, 5) is 0. The number of nitrogens with zero attached hydrogens (tertiary/aromatic N) is 1. The first kappa shape index (κ1) is 11.0. The second-order valence-corrected chi connectivity index (χ2v) is 4.69. The van der Waals surface area contributed by atoms with Crippen molar-refractivity contribution in [2.75, 3.05) is 0 Å². The Kier molecular flexibility index (Phi) is 2.63. The SMILES string of the molecule is CC(C)Oc1cc2ccccc2c2cccc[n+]12. The highest BCUT2D eigenvalue weighted by Gasteiger charge is 2.15. The summed E-state index contributed by atoms with van der Waals surface area (Å²) >= 11 is 0. The van der Waals surface area contributed by atoms with Crippen molar-refractivity contribution in [2.45, 2.75) is 20.0 Å². The van der Waals surface area contributed by atoms with E-state index in [0.29, 0.717) is 0 Å². The topological polar surface area (TPSA) is 13.3 Å². The standard InChI is InChI=1S/C16H16NO/c1-12(2)18-16-11-13-7-3-4-8-14(13)15-9-5-6-10-17(15)16/h3-12H,1-2H3/q+1. The Balaban J connectivity index is 2.39. The predicted molar refractivity (Wildman–Crippen MR) is 72.9 cm³/mol. The minimum atomic E-state index is 0.169. The van der Waals surface area contributed by atoms with Crippen molar-refractivity contribution in [1.82, 2.24) is 0 Å². The van der Waals surface area contributed by atoms with Gasteiger partial charge in [0.2, 0.25) is 5.52 Å². The molecule has 2 nitrogen and oxygen atoms in total. The average Bonchev–Trinajstić information content (AvgIpc) is 2.38. The van der Waals surface area contributed by atoms with E-state index in [-0.39, 0.29) is 6.10 Å². The largest absolute Gasteiger partial charge is 0.441 e. The quantitative estimate of drug-likeness (QED) is 0.493. The number of benzene rings is 1. The van der Waals surface area contributed by atoms with Gasteiger partial charge in [0.1, 0.15) is 0 Å². The molecule has 0 saturated heterocycles. The van der Waals surface area contributed by atoms with E-state index in [0.717, 1.165) is 5.88 Å². The van der Waals surface area contributed by atoms with Gasteiger partial charge in [0.25, 0.3) is 0 Å². The Labute approximate surface area is 106 Å². The van der Waals surface area contributed by atoms with Gasteiger partial charge in [0, 0.05) is 12.1 Å². The third kappa shape index (κ3) is 1.80. The van der Waals surface area contributed by atoms with Gasteiger partial charge in [-0.15, -0.1) is 4.40 Å². The second kappa shape index (κ2) is 4.30. The van der Waals surface area contributed by atoms with Crippen molar-refractivity contribution in [2.24, 2.45) is 0 Å². The van der Waals surface area contributed by atoms with E-state index in [1.165, 1.54) is 16.3 Å². The van der Waals surface area contributed by atoms with Gasteiger partial charge >= 0.3 is 5.88 Å². The van der Waals surface area contributed by atoms with Crippen LogP contribution in [0.15, 0.2) is 54.7 Å². The maximum Gasteiger partial charge on any atom is 0.374 e. The molecule has 0 amide bonds. The minimum Gasteiger partial charge on any atom is -0.441 e. The highest BCUT2D eigenvalue weighted by atomic mass is 16.5. The Hall–Kier alpha value is -2.09. The van der Waals surface area contributed by atoms with Gasteiger partial charge < -0.3 is 4.74 Å². The number of hydrogen-bond donors (Lipinski definition) is 0. The third-order valence-electron chi connectivity index (χ3n) is 2.97. The van der Waals surface area contributed by atoms with Crippen molar-refractivity contribution in [3.63, 3.8) is 0 Å². The smallest absolute Gasteiger partial charge is 0.374 e. The van der Waals surface area contributed by atoms with Gasteiger partial charge in [-0.3, -0.25) is 0 Å². The number of fused-ring (bicyclic) bond motifs is 3. The first-order valence-corrected chi connectivity index (χ1v) is 6.24. The molecule has 0 bridgehead atoms. The predicted octanol–water partition coefficient (Wildman–Crippen LogP) is 3.37. The van der Waals surface area contributed by atoms with E-state index < -0.39 is 0 Å². The molecule has 3 rings (SSSR count). The highest BCUT2D eigenvalue weighted by Crippen LogP contribution is 2.21. The molecule has 0 fully saturated rings. The van der Waals surface area contributed by atoms with Crippen LogP contribution in [0.4, 0.5) is 0 Å². The molecule has 0 radical (unpaired) electrons. The fraction of sp³-hybridized carbons (Fsp3) is 0.188. The van der Waals surface area contributed by atoms with E-state index in [1.807, 2.05) is 26.1 Å². The van der Waals surface area contributed by atoms with E-state index in [9.17, 15) is 0 Å². The van der Waals surface area contributed by atoms with Crippen LogP contribution >= 0.6 is 0 Å². The molecule has 2 aromatic heterocycles. The van der Waals surface area contributed by atoms with E-state index in [4.69, 9.17) is 4.74 Å². The molecular formula is C16H16NO+. The van der Waals surface area contributed by atoms with Gasteiger partial charge in [-0.05, 0) is 31.4 Å². The van der Waals surface area contributed by atoms with Crippen molar-refractivity contribution < 1.29 is 9.14 Å². The van der Waals surface area contributed by atoms with Crippen molar-refractivity contribution >= 4 is 16.3 Å². The summed E-state index contributed by atoms with van der Waals surface area (Å²) in [5, 5.41) is 2.45. The van der Waals surface area contributed by atoms with Crippen molar-refractivity contribution in [3.05, 3.63) is 54.7 Å². The second-order valence-electron chi connectivity index (χ2n) is 4.69. The first-order chi connectivity index (χ1) is 8.75. The summed E-state index contributed by atoms with van der Waals surface area (Å²) in [5.41, 5.74) is 1.17. The number of aromatic nitrogens is 1. The summed E-state index contributed by atoms with van der Waals surface area (Å²) in [5.74, 6) is 0.888. The van der Waals surface area contributed by atoms with Crippen LogP contribution in [-0.2, 0) is 0 Å². The lowest BCUT2D eigenvalue weighted by molar-refractivity contribution is -0.522. The lowest BCUT2D eigenvalue weighted by Crippen LogP contribution is -2.26. The lowest BCUT2D eigenvalue weighted by Gasteiger charge is -2.08. The third-order valence-corrected chi connectivity index (χ3v) is 2.97. The zero-order valence-electron chi connectivity index (χ0n) is 10.6. The fourth-order valence-electron chi connectivity index (χ4n) is 2.25. The number of pyridine rings is 2. The van der Waals surface area contributed by atoms with Crippen LogP contribution in [-0.4, -0.2) is 6.10 Å². The maximum absolute atomic E-state index is 5.90. The van der Waals surface area contributed by atoms with Crippen LogP contribution in [0.3, 0.4) is 0 Å². The van der Waals surface area contributed by atoms with Crippen molar-refractivity contribution in [1.29, 1.82) is 0 Å². The zero-order chi connectivity index (χ0) is 12.5. The average molecular weight is 238 g/mol. The Morgan fingerprint density at radius 2 is 1.78 bits per heavy atom. The molecular weight excluding hydrogens is 222 g/mol. The monoisotopic (exact) mass is 238 g/mol. The first-order valence-electron chi connectivity index (χ1n) is 6.24. The molecule has 18 heavy (non-hydrogen) atoms. The lowest BCUT2D eigenvalue weighted by atomic mass is 10.1. The van der Waals surface area contributed by atoms with E-state index in [2.05, 4.69) is 46.9 Å². The molecule has 0 aliphatic rings. The molecule has 0 aliphatic carbocycles. The Bertz CT molecular complexity index is 704. The van der Waals surface area contributed by atoms with Crippen molar-refractivity contribution in [3.8, 4) is 5.88 Å². The molecule has 0 aliphatic heterocycles. The zero-order valence-corrected chi connectivity index (χ0v) is 10.6. The maximum atomic E-state index is 5.90. The van der Waals surface area contributed by atoms with Crippen LogP contribution < -0.4 is 9.14 Å². The molecule has 3 aromatic rings. The van der Waals surface area contributed by atoms with Crippen LogP contribution in [0.5, 0.6) is 5.88 Å². The minimum absolute atomic E-state index is 0.169. The van der Waals surface area contributed by atoms with Gasteiger partial charge in [-0.1, -0.05) is 18.2 Å². The molecule has 0 N–H and O–H groups in total. The van der Waals surface area contributed by atoms with Crippen LogP contribution in [0.1, 0.15) is 13.8 Å². The Morgan fingerprint density at radius 1 is 1.00 bits per heavy atom. The van der Waals surface area contributed by atoms with Crippen LogP contribution in [0, 0.1) is 0 Å². The summed E-state index contributed by atoms with van der Waals surface area (Å²) < 4.78 is 8.00. The fourth-order valence-corrected chi connectivity index (χ4v) is 2.25. The van der Waals surface area contributed by atoms with Crippen LogP contribution in [0.2, 0.25) is 0 Å². The summed E-state index contributed by atoms with van der Waals surface area (Å²) in [6.07, 6.45) is 2.21. The van der Waals surface area contributed by atoms with Gasteiger partial charge in [0.15, 0.2) is 6.20 Å². The number of ether oxygens (including phenoxy) is 1.